The first kappa shape index (κ1) is 20.5. The Kier molecular flexibility index (Phi) is 6.13. The lowest BCUT2D eigenvalue weighted by atomic mass is 9.99. The molecule has 1 fully saturated rings. The summed E-state index contributed by atoms with van der Waals surface area (Å²) in [6, 6.07) is 5.93. The topological polar surface area (TPSA) is 158 Å². The average Bonchev–Trinajstić information content (AvgIpc) is 3.06. The van der Waals surface area contributed by atoms with E-state index in [2.05, 4.69) is 10.3 Å². The number of benzene rings is 1. The fourth-order valence-corrected chi connectivity index (χ4v) is 3.32. The molecule has 3 rings (SSSR count). The highest BCUT2D eigenvalue weighted by molar-refractivity contribution is 7.19. The second-order valence-corrected chi connectivity index (χ2v) is 7.43. The van der Waals surface area contributed by atoms with E-state index in [0.717, 1.165) is 11.3 Å². The SMILES string of the molecule is O=C(Nc1ncc(Cl)s1)c1ccccc1OC1OC(C(=O)O)C(O)C(O)C1O. The number of para-hydroxylation sites is 1. The Labute approximate surface area is 166 Å². The third-order valence-corrected chi connectivity index (χ3v) is 4.92. The van der Waals surface area contributed by atoms with E-state index >= 15 is 0 Å². The van der Waals surface area contributed by atoms with E-state index in [1.54, 1.807) is 12.1 Å². The van der Waals surface area contributed by atoms with Crippen LogP contribution in [-0.2, 0) is 9.53 Å². The maximum atomic E-state index is 12.5. The van der Waals surface area contributed by atoms with Crippen molar-refractivity contribution < 1.29 is 39.5 Å². The van der Waals surface area contributed by atoms with Crippen molar-refractivity contribution in [2.75, 3.05) is 5.32 Å². The third-order valence-electron chi connectivity index (χ3n) is 3.89. The van der Waals surface area contributed by atoms with Gasteiger partial charge in [0, 0.05) is 0 Å². The predicted octanol–water partition coefficient (Wildman–Crippen LogP) is 0.320. The van der Waals surface area contributed by atoms with Crippen LogP contribution in [0.25, 0.3) is 0 Å². The number of carboxylic acids is 1. The minimum atomic E-state index is -1.85. The molecular formula is C16H15ClN2O8S. The number of amides is 1. The third kappa shape index (κ3) is 4.24. The Morgan fingerprint density at radius 1 is 1.18 bits per heavy atom. The van der Waals surface area contributed by atoms with Gasteiger partial charge in [-0.1, -0.05) is 35.1 Å². The fraction of sp³-hybridized carbons (Fsp3) is 0.312. The molecule has 0 radical (unpaired) electrons. The van der Waals surface area contributed by atoms with E-state index in [0.29, 0.717) is 4.34 Å². The zero-order valence-corrected chi connectivity index (χ0v) is 15.5. The number of ether oxygens (including phenoxy) is 2. The summed E-state index contributed by atoms with van der Waals surface area (Å²) < 4.78 is 10.9. The molecule has 28 heavy (non-hydrogen) atoms. The number of nitrogens with zero attached hydrogens (tertiary/aromatic N) is 1. The van der Waals surface area contributed by atoms with Gasteiger partial charge >= 0.3 is 5.97 Å². The summed E-state index contributed by atoms with van der Waals surface area (Å²) in [4.78, 5) is 27.6. The second-order valence-electron chi connectivity index (χ2n) is 5.77. The molecule has 1 aromatic heterocycles. The van der Waals surface area contributed by atoms with Crippen LogP contribution in [0.1, 0.15) is 10.4 Å². The molecule has 5 unspecified atom stereocenters. The molecule has 5 N–H and O–H groups in total. The van der Waals surface area contributed by atoms with Crippen LogP contribution in [0.5, 0.6) is 5.75 Å². The average molecular weight is 431 g/mol. The molecule has 0 saturated carbocycles. The number of aliphatic hydroxyl groups is 3. The maximum Gasteiger partial charge on any atom is 0.335 e. The molecule has 1 saturated heterocycles. The summed E-state index contributed by atoms with van der Waals surface area (Å²) >= 11 is 6.82. The molecule has 150 valence electrons. The Morgan fingerprint density at radius 3 is 2.54 bits per heavy atom. The van der Waals surface area contributed by atoms with Crippen molar-refractivity contribution in [1.82, 2.24) is 4.98 Å². The highest BCUT2D eigenvalue weighted by atomic mass is 35.5. The molecule has 2 aromatic rings. The molecule has 1 aliphatic rings. The van der Waals surface area contributed by atoms with Crippen molar-refractivity contribution >= 4 is 39.9 Å². The van der Waals surface area contributed by atoms with Gasteiger partial charge in [-0.3, -0.25) is 10.1 Å². The van der Waals surface area contributed by atoms with Gasteiger partial charge in [0.05, 0.1) is 11.8 Å². The predicted molar refractivity (Wildman–Crippen MR) is 96.5 cm³/mol. The molecule has 0 bridgehead atoms. The van der Waals surface area contributed by atoms with Gasteiger partial charge < -0.3 is 29.9 Å². The van der Waals surface area contributed by atoms with Gasteiger partial charge in [0.2, 0.25) is 6.29 Å². The van der Waals surface area contributed by atoms with Gasteiger partial charge in [0.25, 0.3) is 5.91 Å². The summed E-state index contributed by atoms with van der Waals surface area (Å²) in [5.41, 5.74) is 0.0390. The number of hydrogen-bond acceptors (Lipinski definition) is 9. The molecule has 12 heteroatoms. The number of anilines is 1. The van der Waals surface area contributed by atoms with Crippen molar-refractivity contribution in [1.29, 1.82) is 0 Å². The van der Waals surface area contributed by atoms with Crippen LogP contribution in [0.2, 0.25) is 4.34 Å². The number of hydrogen-bond donors (Lipinski definition) is 5. The number of thiazole rings is 1. The van der Waals surface area contributed by atoms with Crippen molar-refractivity contribution in [3.8, 4) is 5.75 Å². The number of halogens is 1. The van der Waals surface area contributed by atoms with Crippen LogP contribution < -0.4 is 10.1 Å². The van der Waals surface area contributed by atoms with Crippen LogP contribution in [0.3, 0.4) is 0 Å². The highest BCUT2D eigenvalue weighted by Gasteiger charge is 2.48. The summed E-state index contributed by atoms with van der Waals surface area (Å²) in [6.45, 7) is 0. The van der Waals surface area contributed by atoms with Crippen molar-refractivity contribution in [2.24, 2.45) is 0 Å². The number of carbonyl (C=O) groups is 2. The van der Waals surface area contributed by atoms with Crippen LogP contribution in [0.15, 0.2) is 30.5 Å². The van der Waals surface area contributed by atoms with Gasteiger partial charge in [-0.25, -0.2) is 9.78 Å². The molecule has 5 atom stereocenters. The summed E-state index contributed by atoms with van der Waals surface area (Å²) in [5.74, 6) is -2.18. The van der Waals surface area contributed by atoms with Crippen LogP contribution in [0, 0.1) is 0 Å². The van der Waals surface area contributed by atoms with Crippen molar-refractivity contribution in [3.05, 3.63) is 40.4 Å². The van der Waals surface area contributed by atoms with E-state index < -0.39 is 42.6 Å². The Balaban J connectivity index is 1.80. The zero-order chi connectivity index (χ0) is 20.4. The van der Waals surface area contributed by atoms with Gasteiger partial charge in [-0.2, -0.15) is 0 Å². The number of aliphatic hydroxyl groups excluding tert-OH is 3. The van der Waals surface area contributed by atoms with Crippen LogP contribution in [0.4, 0.5) is 5.13 Å². The summed E-state index contributed by atoms with van der Waals surface area (Å²) in [7, 11) is 0. The number of aliphatic carboxylic acids is 1. The van der Waals surface area contributed by atoms with E-state index in [-0.39, 0.29) is 16.4 Å². The molecule has 1 aliphatic heterocycles. The number of nitrogens with one attached hydrogen (secondary N) is 1. The smallest absolute Gasteiger partial charge is 0.335 e. The molecule has 0 spiro atoms. The number of carboxylic acid groups (broad SMARTS) is 1. The maximum absolute atomic E-state index is 12.5. The van der Waals surface area contributed by atoms with Gasteiger partial charge in [-0.15, -0.1) is 0 Å². The van der Waals surface area contributed by atoms with Crippen LogP contribution >= 0.6 is 22.9 Å². The lowest BCUT2D eigenvalue weighted by Crippen LogP contribution is -2.61. The quantitative estimate of drug-likeness (QED) is 0.450. The zero-order valence-electron chi connectivity index (χ0n) is 13.9. The molecule has 0 aliphatic carbocycles. The Morgan fingerprint density at radius 2 is 1.89 bits per heavy atom. The fourth-order valence-electron chi connectivity index (χ4n) is 2.51. The summed E-state index contributed by atoms with van der Waals surface area (Å²) in [6.07, 6.45) is -7.50. The lowest BCUT2D eigenvalue weighted by Gasteiger charge is -2.38. The molecule has 2 heterocycles. The Bertz CT molecular complexity index is 878. The highest BCUT2D eigenvalue weighted by Crippen LogP contribution is 2.28. The second kappa shape index (κ2) is 8.39. The molecular weight excluding hydrogens is 416 g/mol. The van der Waals surface area contributed by atoms with Gasteiger partial charge in [-0.05, 0) is 12.1 Å². The molecule has 10 nitrogen and oxygen atoms in total. The van der Waals surface area contributed by atoms with Gasteiger partial charge in [0.1, 0.15) is 28.4 Å². The van der Waals surface area contributed by atoms with E-state index in [1.807, 2.05) is 0 Å². The minimum Gasteiger partial charge on any atom is -0.479 e. The molecule has 1 aromatic carbocycles. The van der Waals surface area contributed by atoms with E-state index in [1.165, 1.54) is 18.3 Å². The standard InChI is InChI=1S/C16H15ClN2O8S/c17-8-5-18-16(28-8)19-13(23)6-3-1-2-4-7(6)26-15-11(22)9(20)10(21)12(27-15)14(24)25/h1-5,9-12,15,20-22H,(H,24,25)(H,18,19,23). The monoisotopic (exact) mass is 430 g/mol. The van der Waals surface area contributed by atoms with Gasteiger partial charge in [0.15, 0.2) is 11.2 Å². The number of carbonyl (C=O) groups excluding carboxylic acids is 1. The van der Waals surface area contributed by atoms with Crippen LogP contribution in [-0.4, -0.2) is 68.0 Å². The lowest BCUT2D eigenvalue weighted by molar-refractivity contribution is -0.271. The normalized spacial score (nSPS) is 27.2. The van der Waals surface area contributed by atoms with Crippen molar-refractivity contribution in [2.45, 2.75) is 30.7 Å². The van der Waals surface area contributed by atoms with Crippen molar-refractivity contribution in [3.63, 3.8) is 0 Å². The summed E-state index contributed by atoms with van der Waals surface area (Å²) in [5, 5.41) is 41.5. The number of rotatable bonds is 5. The van der Waals surface area contributed by atoms with E-state index in [4.69, 9.17) is 26.2 Å². The van der Waals surface area contributed by atoms with E-state index in [9.17, 15) is 24.9 Å². The first-order valence-corrected chi connectivity index (χ1v) is 9.08. The Hall–Kier alpha value is -2.28. The minimum absolute atomic E-state index is 0.0390. The largest absolute Gasteiger partial charge is 0.479 e. The molecule has 1 amide bonds. The first-order chi connectivity index (χ1) is 13.3. The number of aromatic nitrogens is 1. The first-order valence-electron chi connectivity index (χ1n) is 7.88.